The number of hydrogen-bond donors (Lipinski definition) is 0. The molecule has 0 amide bonds. The normalized spacial score (nSPS) is 10.3. The summed E-state index contributed by atoms with van der Waals surface area (Å²) in [5.41, 5.74) is 0.209. The van der Waals surface area contributed by atoms with Crippen LogP contribution in [0.25, 0.3) is 11.3 Å². The van der Waals surface area contributed by atoms with Crippen LogP contribution in [0, 0.1) is 10.1 Å². The topological polar surface area (TPSA) is 82.6 Å². The summed E-state index contributed by atoms with van der Waals surface area (Å²) >= 11 is 0. The lowest BCUT2D eigenvalue weighted by Crippen LogP contribution is -2.06. The number of carbonyl (C=O) groups excluding carboxylic acids is 1. The van der Waals surface area contributed by atoms with Crippen molar-refractivity contribution < 1.29 is 18.9 Å². The molecule has 0 bridgehead atoms. The maximum atomic E-state index is 12.0. The van der Waals surface area contributed by atoms with Crippen molar-refractivity contribution in [1.29, 1.82) is 0 Å². The molecule has 3 aromatic rings. The number of nitro benzene ring substituents is 1. The van der Waals surface area contributed by atoms with Crippen LogP contribution in [0.3, 0.4) is 0 Å². The number of nitrogens with zero attached hydrogens (tertiary/aromatic N) is 1. The standard InChI is InChI=1S/C17H11NO5/c19-17(22-12-6-2-1-3-7-12)16-11-10-15(23-16)13-8-4-5-9-14(13)18(20)21/h1-11H. The van der Waals surface area contributed by atoms with Crippen LogP contribution in [0.4, 0.5) is 5.69 Å². The minimum Gasteiger partial charge on any atom is -0.449 e. The van der Waals surface area contributed by atoms with Gasteiger partial charge in [-0.1, -0.05) is 30.3 Å². The zero-order valence-corrected chi connectivity index (χ0v) is 11.8. The molecule has 1 heterocycles. The number of nitro groups is 1. The lowest BCUT2D eigenvalue weighted by molar-refractivity contribution is -0.384. The van der Waals surface area contributed by atoms with Crippen molar-refractivity contribution in [2.45, 2.75) is 0 Å². The second-order valence-corrected chi connectivity index (χ2v) is 4.64. The predicted octanol–water partition coefficient (Wildman–Crippen LogP) is 4.07. The molecular weight excluding hydrogens is 298 g/mol. The van der Waals surface area contributed by atoms with Gasteiger partial charge in [0.25, 0.3) is 5.69 Å². The molecule has 0 atom stereocenters. The van der Waals surface area contributed by atoms with E-state index in [4.69, 9.17) is 9.15 Å². The SMILES string of the molecule is O=C(Oc1ccccc1)c1ccc(-c2ccccc2[N+](=O)[O-])o1. The van der Waals surface area contributed by atoms with E-state index >= 15 is 0 Å². The fourth-order valence-electron chi connectivity index (χ4n) is 2.08. The van der Waals surface area contributed by atoms with Gasteiger partial charge in [0.15, 0.2) is 0 Å². The number of carbonyl (C=O) groups is 1. The first kappa shape index (κ1) is 14.5. The molecule has 6 heteroatoms. The molecule has 0 spiro atoms. The van der Waals surface area contributed by atoms with Gasteiger partial charge in [-0.15, -0.1) is 0 Å². The molecule has 114 valence electrons. The van der Waals surface area contributed by atoms with Crippen molar-refractivity contribution in [2.75, 3.05) is 0 Å². The summed E-state index contributed by atoms with van der Waals surface area (Å²) < 4.78 is 10.6. The maximum Gasteiger partial charge on any atom is 0.379 e. The van der Waals surface area contributed by atoms with E-state index in [-0.39, 0.29) is 17.2 Å². The Hall–Kier alpha value is -3.41. The number of benzene rings is 2. The highest BCUT2D eigenvalue weighted by molar-refractivity contribution is 5.89. The van der Waals surface area contributed by atoms with Crippen LogP contribution in [-0.4, -0.2) is 10.9 Å². The van der Waals surface area contributed by atoms with E-state index in [0.29, 0.717) is 11.3 Å². The summed E-state index contributed by atoms with van der Waals surface area (Å²) in [6.45, 7) is 0. The lowest BCUT2D eigenvalue weighted by Gasteiger charge is -2.01. The molecule has 0 radical (unpaired) electrons. The number of hydrogen-bond acceptors (Lipinski definition) is 5. The third-order valence-electron chi connectivity index (χ3n) is 3.13. The van der Waals surface area contributed by atoms with Crippen molar-refractivity contribution in [3.8, 4) is 17.1 Å². The molecule has 23 heavy (non-hydrogen) atoms. The van der Waals surface area contributed by atoms with E-state index in [1.54, 1.807) is 48.5 Å². The molecule has 0 fully saturated rings. The van der Waals surface area contributed by atoms with Crippen molar-refractivity contribution in [1.82, 2.24) is 0 Å². The zero-order chi connectivity index (χ0) is 16.2. The van der Waals surface area contributed by atoms with Crippen LogP contribution < -0.4 is 4.74 Å². The number of ether oxygens (including phenoxy) is 1. The van der Waals surface area contributed by atoms with Gasteiger partial charge in [0.05, 0.1) is 10.5 Å². The average molecular weight is 309 g/mol. The van der Waals surface area contributed by atoms with E-state index in [1.165, 1.54) is 18.2 Å². The Kier molecular flexibility index (Phi) is 3.88. The van der Waals surface area contributed by atoms with Gasteiger partial charge in [0, 0.05) is 6.07 Å². The molecule has 0 aliphatic rings. The van der Waals surface area contributed by atoms with Crippen LogP contribution in [0.5, 0.6) is 5.75 Å². The number of furan rings is 1. The van der Waals surface area contributed by atoms with E-state index in [1.807, 2.05) is 0 Å². The lowest BCUT2D eigenvalue weighted by atomic mass is 10.1. The third-order valence-corrected chi connectivity index (χ3v) is 3.13. The Labute approximate surface area is 131 Å². The highest BCUT2D eigenvalue weighted by Crippen LogP contribution is 2.31. The van der Waals surface area contributed by atoms with Gasteiger partial charge in [-0.2, -0.15) is 0 Å². The Morgan fingerprint density at radius 1 is 0.957 bits per heavy atom. The van der Waals surface area contributed by atoms with Gasteiger partial charge < -0.3 is 9.15 Å². The third kappa shape index (κ3) is 3.11. The fraction of sp³-hybridized carbons (Fsp3) is 0. The first-order chi connectivity index (χ1) is 11.1. The Balaban J connectivity index is 1.86. The Morgan fingerprint density at radius 3 is 2.39 bits per heavy atom. The molecule has 0 N–H and O–H groups in total. The molecule has 0 aliphatic carbocycles. The van der Waals surface area contributed by atoms with E-state index in [9.17, 15) is 14.9 Å². The molecule has 2 aromatic carbocycles. The second kappa shape index (κ2) is 6.15. The van der Waals surface area contributed by atoms with E-state index < -0.39 is 10.9 Å². The fourth-order valence-corrected chi connectivity index (χ4v) is 2.08. The number of rotatable bonds is 4. The second-order valence-electron chi connectivity index (χ2n) is 4.64. The molecule has 0 aliphatic heterocycles. The highest BCUT2D eigenvalue weighted by atomic mass is 16.6. The van der Waals surface area contributed by atoms with Gasteiger partial charge in [0.1, 0.15) is 11.5 Å². The van der Waals surface area contributed by atoms with Crippen LogP contribution in [0.2, 0.25) is 0 Å². The molecule has 0 unspecified atom stereocenters. The summed E-state index contributed by atoms with van der Waals surface area (Å²) in [6.07, 6.45) is 0. The largest absolute Gasteiger partial charge is 0.449 e. The van der Waals surface area contributed by atoms with Gasteiger partial charge in [0.2, 0.25) is 5.76 Å². The Morgan fingerprint density at radius 2 is 1.65 bits per heavy atom. The molecule has 3 rings (SSSR count). The van der Waals surface area contributed by atoms with Crippen LogP contribution in [0.15, 0.2) is 71.1 Å². The quantitative estimate of drug-likeness (QED) is 0.314. The highest BCUT2D eigenvalue weighted by Gasteiger charge is 2.20. The Bertz CT molecular complexity index is 854. The molecule has 6 nitrogen and oxygen atoms in total. The van der Waals surface area contributed by atoms with Gasteiger partial charge in [-0.3, -0.25) is 10.1 Å². The van der Waals surface area contributed by atoms with Gasteiger partial charge in [-0.05, 0) is 30.3 Å². The minimum atomic E-state index is -0.666. The first-order valence-corrected chi connectivity index (χ1v) is 6.76. The molecule has 0 saturated carbocycles. The van der Waals surface area contributed by atoms with E-state index in [2.05, 4.69) is 0 Å². The summed E-state index contributed by atoms with van der Waals surface area (Å²) in [5.74, 6) is -0.0681. The summed E-state index contributed by atoms with van der Waals surface area (Å²) in [7, 11) is 0. The van der Waals surface area contributed by atoms with Crippen LogP contribution >= 0.6 is 0 Å². The maximum absolute atomic E-state index is 12.0. The smallest absolute Gasteiger partial charge is 0.379 e. The van der Waals surface area contributed by atoms with Crippen LogP contribution in [-0.2, 0) is 0 Å². The first-order valence-electron chi connectivity index (χ1n) is 6.76. The monoisotopic (exact) mass is 309 g/mol. The predicted molar refractivity (Wildman–Crippen MR) is 82.2 cm³/mol. The average Bonchev–Trinajstić information content (AvgIpc) is 3.06. The minimum absolute atomic E-state index is 0.0259. The van der Waals surface area contributed by atoms with E-state index in [0.717, 1.165) is 0 Å². The van der Waals surface area contributed by atoms with Crippen LogP contribution in [0.1, 0.15) is 10.6 Å². The van der Waals surface area contributed by atoms with Crippen molar-refractivity contribution >= 4 is 11.7 Å². The number of para-hydroxylation sites is 2. The number of esters is 1. The summed E-state index contributed by atoms with van der Waals surface area (Å²) in [5, 5.41) is 11.0. The summed E-state index contributed by atoms with van der Waals surface area (Å²) in [6, 6.07) is 17.7. The van der Waals surface area contributed by atoms with Gasteiger partial charge in [-0.25, -0.2) is 4.79 Å². The molecule has 1 aromatic heterocycles. The van der Waals surface area contributed by atoms with Crippen molar-refractivity contribution in [3.05, 3.63) is 82.6 Å². The molecule has 0 saturated heterocycles. The molecular formula is C17H11NO5. The van der Waals surface area contributed by atoms with Crippen molar-refractivity contribution in [3.63, 3.8) is 0 Å². The van der Waals surface area contributed by atoms with Crippen molar-refractivity contribution in [2.24, 2.45) is 0 Å². The van der Waals surface area contributed by atoms with Gasteiger partial charge >= 0.3 is 5.97 Å². The summed E-state index contributed by atoms with van der Waals surface area (Å²) in [4.78, 5) is 22.6. The zero-order valence-electron chi connectivity index (χ0n) is 11.8.